The summed E-state index contributed by atoms with van der Waals surface area (Å²) in [5.41, 5.74) is 8.68. The van der Waals surface area contributed by atoms with Crippen molar-refractivity contribution in [2.24, 2.45) is 0 Å². The van der Waals surface area contributed by atoms with Crippen LogP contribution in [0.1, 0.15) is 6.92 Å². The molecule has 1 saturated heterocycles. The maximum atomic E-state index is 6.04. The molecule has 1 aliphatic heterocycles. The van der Waals surface area contributed by atoms with Gasteiger partial charge in [-0.2, -0.15) is 0 Å². The molecule has 118 valence electrons. The first-order valence-corrected chi connectivity index (χ1v) is 7.63. The van der Waals surface area contributed by atoms with Crippen molar-refractivity contribution in [1.29, 1.82) is 0 Å². The molecule has 0 aromatic carbocycles. The Hall–Kier alpha value is -2.67. The van der Waals surface area contributed by atoms with Crippen LogP contribution in [0.2, 0.25) is 0 Å². The molecule has 4 heterocycles. The van der Waals surface area contributed by atoms with Crippen LogP contribution in [0.3, 0.4) is 0 Å². The van der Waals surface area contributed by atoms with Gasteiger partial charge in [0, 0.05) is 36.6 Å². The second-order valence-corrected chi connectivity index (χ2v) is 5.69. The fourth-order valence-electron chi connectivity index (χ4n) is 2.94. The predicted octanol–water partition coefficient (Wildman–Crippen LogP) is 1.62. The molecule has 3 aromatic rings. The van der Waals surface area contributed by atoms with E-state index in [1.807, 2.05) is 28.8 Å². The second kappa shape index (κ2) is 5.51. The second-order valence-electron chi connectivity index (χ2n) is 5.69. The molecule has 4 rings (SSSR count). The molecule has 0 radical (unpaired) electrons. The van der Waals surface area contributed by atoms with E-state index in [1.54, 1.807) is 12.5 Å². The van der Waals surface area contributed by atoms with Crippen LogP contribution in [0.25, 0.3) is 17.0 Å². The van der Waals surface area contributed by atoms with Gasteiger partial charge in [-0.15, -0.1) is 0 Å². The minimum atomic E-state index is 0.302. The number of morpholine rings is 1. The third-order valence-corrected chi connectivity index (χ3v) is 4.07. The Bertz CT molecular complexity index is 845. The van der Waals surface area contributed by atoms with Crippen molar-refractivity contribution < 1.29 is 4.74 Å². The Balaban J connectivity index is 1.80. The Morgan fingerprint density at radius 1 is 1.30 bits per heavy atom. The van der Waals surface area contributed by atoms with Crippen molar-refractivity contribution in [3.8, 4) is 5.82 Å². The molecule has 0 bridgehead atoms. The summed E-state index contributed by atoms with van der Waals surface area (Å²) in [7, 11) is 0. The van der Waals surface area contributed by atoms with Gasteiger partial charge in [-0.1, -0.05) is 0 Å². The number of hydrogen-bond donors (Lipinski definition) is 1. The first-order valence-electron chi connectivity index (χ1n) is 7.63. The van der Waals surface area contributed by atoms with Crippen LogP contribution in [0.15, 0.2) is 36.8 Å². The fourth-order valence-corrected chi connectivity index (χ4v) is 2.94. The molecule has 0 amide bonds. The van der Waals surface area contributed by atoms with Gasteiger partial charge in [0.2, 0.25) is 0 Å². The number of nitrogens with zero attached hydrogens (tertiary/aromatic N) is 5. The van der Waals surface area contributed by atoms with Gasteiger partial charge < -0.3 is 15.4 Å². The van der Waals surface area contributed by atoms with Crippen molar-refractivity contribution in [3.05, 3.63) is 36.8 Å². The van der Waals surface area contributed by atoms with Crippen LogP contribution >= 0.6 is 0 Å². The Kier molecular flexibility index (Phi) is 3.34. The van der Waals surface area contributed by atoms with E-state index >= 15 is 0 Å². The van der Waals surface area contributed by atoms with E-state index in [0.29, 0.717) is 18.5 Å². The minimum absolute atomic E-state index is 0.302. The number of nitrogen functional groups attached to an aromatic ring is 1. The normalized spacial score (nSPS) is 18.5. The maximum Gasteiger partial charge on any atom is 0.165 e. The number of anilines is 2. The number of ether oxygens (including phenoxy) is 1. The summed E-state index contributed by atoms with van der Waals surface area (Å²) in [6.07, 6.45) is 3.48. The predicted molar refractivity (Wildman–Crippen MR) is 88.7 cm³/mol. The molecule has 1 unspecified atom stereocenters. The standard InChI is InChI=1S/C16H18N6O/c1-11-9-23-6-5-21(11)12-7-14(17)20-15(8-12)22-10-19-13-3-2-4-18-16(13)22/h2-4,7-8,10-11H,5-6,9H2,1H3,(H2,17,20). The van der Waals surface area contributed by atoms with Crippen molar-refractivity contribution >= 4 is 22.7 Å². The van der Waals surface area contributed by atoms with E-state index in [2.05, 4.69) is 26.8 Å². The monoisotopic (exact) mass is 310 g/mol. The van der Waals surface area contributed by atoms with Crippen LogP contribution in [-0.4, -0.2) is 45.3 Å². The Morgan fingerprint density at radius 2 is 2.22 bits per heavy atom. The summed E-state index contributed by atoms with van der Waals surface area (Å²) in [4.78, 5) is 15.5. The molecule has 1 aliphatic rings. The number of nitrogens with two attached hydrogens (primary N) is 1. The highest BCUT2D eigenvalue weighted by atomic mass is 16.5. The third-order valence-electron chi connectivity index (χ3n) is 4.07. The summed E-state index contributed by atoms with van der Waals surface area (Å²) in [6, 6.07) is 8.02. The summed E-state index contributed by atoms with van der Waals surface area (Å²) < 4.78 is 7.37. The lowest BCUT2D eigenvalue weighted by Gasteiger charge is -2.35. The van der Waals surface area contributed by atoms with E-state index in [4.69, 9.17) is 10.5 Å². The van der Waals surface area contributed by atoms with E-state index in [-0.39, 0.29) is 0 Å². The van der Waals surface area contributed by atoms with Gasteiger partial charge in [-0.05, 0) is 19.1 Å². The van der Waals surface area contributed by atoms with Crippen molar-refractivity contribution in [2.45, 2.75) is 13.0 Å². The SMILES string of the molecule is CC1COCCN1c1cc(N)nc(-n2cnc3cccnc32)c1. The van der Waals surface area contributed by atoms with Gasteiger partial charge in [0.1, 0.15) is 23.5 Å². The molecule has 7 nitrogen and oxygen atoms in total. The highest BCUT2D eigenvalue weighted by Crippen LogP contribution is 2.25. The molecule has 7 heteroatoms. The Labute approximate surface area is 133 Å². The van der Waals surface area contributed by atoms with Crippen LogP contribution in [0, 0.1) is 0 Å². The zero-order chi connectivity index (χ0) is 15.8. The topological polar surface area (TPSA) is 82.1 Å². The molecule has 0 saturated carbocycles. The van der Waals surface area contributed by atoms with Gasteiger partial charge in [-0.3, -0.25) is 4.57 Å². The first kappa shape index (κ1) is 14.0. The summed E-state index contributed by atoms with van der Waals surface area (Å²) in [5.74, 6) is 1.20. The summed E-state index contributed by atoms with van der Waals surface area (Å²) >= 11 is 0. The van der Waals surface area contributed by atoms with Gasteiger partial charge >= 0.3 is 0 Å². The van der Waals surface area contributed by atoms with Gasteiger partial charge in [-0.25, -0.2) is 15.0 Å². The van der Waals surface area contributed by atoms with Crippen molar-refractivity contribution in [3.63, 3.8) is 0 Å². The van der Waals surface area contributed by atoms with E-state index in [9.17, 15) is 0 Å². The van der Waals surface area contributed by atoms with Crippen LogP contribution in [0.5, 0.6) is 0 Å². The van der Waals surface area contributed by atoms with Gasteiger partial charge in [0.15, 0.2) is 5.65 Å². The average Bonchev–Trinajstić information content (AvgIpc) is 2.99. The molecule has 3 aromatic heterocycles. The molecule has 1 fully saturated rings. The molecule has 0 spiro atoms. The lowest BCUT2D eigenvalue weighted by Crippen LogP contribution is -2.43. The van der Waals surface area contributed by atoms with E-state index < -0.39 is 0 Å². The zero-order valence-corrected chi connectivity index (χ0v) is 12.9. The summed E-state index contributed by atoms with van der Waals surface area (Å²) in [5, 5.41) is 0. The molecule has 2 N–H and O–H groups in total. The fraction of sp³-hybridized carbons (Fsp3) is 0.312. The first-order chi connectivity index (χ1) is 11.2. The molecule has 1 atom stereocenters. The lowest BCUT2D eigenvalue weighted by molar-refractivity contribution is 0.0989. The number of rotatable bonds is 2. The van der Waals surface area contributed by atoms with E-state index in [0.717, 1.165) is 35.8 Å². The summed E-state index contributed by atoms with van der Waals surface area (Å²) in [6.45, 7) is 4.42. The zero-order valence-electron chi connectivity index (χ0n) is 12.9. The third kappa shape index (κ3) is 2.49. The van der Waals surface area contributed by atoms with Crippen molar-refractivity contribution in [1.82, 2.24) is 19.5 Å². The van der Waals surface area contributed by atoms with Gasteiger partial charge in [0.25, 0.3) is 0 Å². The van der Waals surface area contributed by atoms with Gasteiger partial charge in [0.05, 0.1) is 13.2 Å². The quantitative estimate of drug-likeness (QED) is 0.774. The molecular formula is C16H18N6O. The van der Waals surface area contributed by atoms with E-state index in [1.165, 1.54) is 0 Å². The number of aromatic nitrogens is 4. The maximum absolute atomic E-state index is 6.04. The highest BCUT2D eigenvalue weighted by molar-refractivity contribution is 5.73. The number of pyridine rings is 2. The highest BCUT2D eigenvalue weighted by Gasteiger charge is 2.20. The Morgan fingerprint density at radius 3 is 3.09 bits per heavy atom. The van der Waals surface area contributed by atoms with Crippen molar-refractivity contribution in [2.75, 3.05) is 30.4 Å². The number of imidazole rings is 1. The largest absolute Gasteiger partial charge is 0.384 e. The van der Waals surface area contributed by atoms with Crippen LogP contribution in [-0.2, 0) is 4.74 Å². The molecule has 0 aliphatic carbocycles. The average molecular weight is 310 g/mol. The molecular weight excluding hydrogens is 292 g/mol. The smallest absolute Gasteiger partial charge is 0.165 e. The lowest BCUT2D eigenvalue weighted by atomic mass is 10.2. The minimum Gasteiger partial charge on any atom is -0.384 e. The van der Waals surface area contributed by atoms with Crippen LogP contribution in [0.4, 0.5) is 11.5 Å². The van der Waals surface area contributed by atoms with Crippen LogP contribution < -0.4 is 10.6 Å². The number of fused-ring (bicyclic) bond motifs is 1. The molecule has 23 heavy (non-hydrogen) atoms. The number of hydrogen-bond acceptors (Lipinski definition) is 6.